The molecule has 24 nitrogen and oxygen atoms in total. The molecule has 0 bridgehead atoms. The van der Waals surface area contributed by atoms with Gasteiger partial charge in [-0.05, 0) is 38.5 Å². The van der Waals surface area contributed by atoms with Gasteiger partial charge in [-0.3, -0.25) is 4.79 Å². The second-order valence-electron chi connectivity index (χ2n) is 13.1. The Morgan fingerprint density at radius 3 is 1.58 bits per heavy atom. The molecular formula is C31H59NO23P4+4. The van der Waals surface area contributed by atoms with Crippen LogP contribution in [0.15, 0.2) is 0 Å². The molecule has 15 atom stereocenters. The van der Waals surface area contributed by atoms with Gasteiger partial charge in [-0.15, -0.1) is 36.2 Å². The summed E-state index contributed by atoms with van der Waals surface area (Å²) in [4.78, 5) is 11.6. The Hall–Kier alpha value is -0.850. The highest BCUT2D eigenvalue weighted by Gasteiger charge is 2.46. The average molecular weight is 938 g/mol. The summed E-state index contributed by atoms with van der Waals surface area (Å²) in [7, 11) is -9.40. The predicted molar refractivity (Wildman–Crippen MR) is 200 cm³/mol. The van der Waals surface area contributed by atoms with Crippen molar-refractivity contribution in [2.24, 2.45) is 5.92 Å². The first-order valence-electron chi connectivity index (χ1n) is 18.8. The third kappa shape index (κ3) is 21.4. The lowest BCUT2D eigenvalue weighted by atomic mass is 9.92. The van der Waals surface area contributed by atoms with E-state index in [-0.39, 0.29) is 39.6 Å². The second-order valence-corrected chi connectivity index (χ2v) is 17.0. The Morgan fingerprint density at radius 2 is 1.07 bits per heavy atom. The van der Waals surface area contributed by atoms with E-state index in [0.29, 0.717) is 38.5 Å². The molecule has 59 heavy (non-hydrogen) atoms. The van der Waals surface area contributed by atoms with Gasteiger partial charge in [-0.25, -0.2) is 0 Å². The van der Waals surface area contributed by atoms with E-state index in [1.807, 2.05) is 0 Å². The fourth-order valence-electron chi connectivity index (χ4n) is 5.36. The van der Waals surface area contributed by atoms with Crippen LogP contribution in [0.3, 0.4) is 0 Å². The number of aliphatic hydroxyl groups is 6. The molecule has 2 saturated heterocycles. The lowest BCUT2D eigenvalue weighted by Crippen LogP contribution is -2.64. The van der Waals surface area contributed by atoms with Crippen LogP contribution >= 0.6 is 33.0 Å². The van der Waals surface area contributed by atoms with Crippen LogP contribution in [-0.4, -0.2) is 171 Å². The van der Waals surface area contributed by atoms with Gasteiger partial charge >= 0.3 is 33.0 Å². The first-order valence-corrected chi connectivity index (χ1v) is 23.2. The quantitative estimate of drug-likeness (QED) is 0.0358. The van der Waals surface area contributed by atoms with Gasteiger partial charge in [0.15, 0.2) is 18.7 Å². The fourth-order valence-corrected chi connectivity index (χ4v) is 7.62. The molecule has 0 aliphatic carbocycles. The van der Waals surface area contributed by atoms with Crippen LogP contribution in [0.1, 0.15) is 52.4 Å². The molecule has 0 spiro atoms. The van der Waals surface area contributed by atoms with Crippen molar-refractivity contribution in [1.29, 1.82) is 0 Å². The topological polar surface area (TPSA) is 330 Å². The van der Waals surface area contributed by atoms with Gasteiger partial charge in [-0.1, -0.05) is 6.92 Å². The van der Waals surface area contributed by atoms with E-state index in [4.69, 9.17) is 50.6 Å². The van der Waals surface area contributed by atoms with Gasteiger partial charge in [0.1, 0.15) is 76.2 Å². The summed E-state index contributed by atoms with van der Waals surface area (Å²) >= 11 is 0. The Labute approximate surface area is 345 Å². The maximum Gasteiger partial charge on any atom is 0.697 e. The van der Waals surface area contributed by atoms with Gasteiger partial charge in [-0.2, -0.15) is 0 Å². The summed E-state index contributed by atoms with van der Waals surface area (Å²) in [5.74, 6) is -1.00. The van der Waals surface area contributed by atoms with Gasteiger partial charge in [0, 0.05) is 44.3 Å². The number of hydrogen-bond acceptors (Lipinski definition) is 23. The highest BCUT2D eigenvalue weighted by molar-refractivity contribution is 7.34. The molecule has 7 N–H and O–H groups in total. The van der Waals surface area contributed by atoms with Gasteiger partial charge in [0.2, 0.25) is 5.91 Å². The van der Waals surface area contributed by atoms with Crippen molar-refractivity contribution in [1.82, 2.24) is 5.32 Å². The van der Waals surface area contributed by atoms with E-state index < -0.39 is 133 Å². The highest BCUT2D eigenvalue weighted by atomic mass is 31.1. The zero-order chi connectivity index (χ0) is 43.7. The molecular weight excluding hydrogens is 878 g/mol. The summed E-state index contributed by atoms with van der Waals surface area (Å²) in [6.45, 7) is 0.729. The third-order valence-corrected chi connectivity index (χ3v) is 11.6. The van der Waals surface area contributed by atoms with Crippen molar-refractivity contribution in [3.63, 3.8) is 0 Å². The molecule has 0 aromatic rings. The number of hydrogen-bond donors (Lipinski definition) is 7. The summed E-state index contributed by atoms with van der Waals surface area (Å²) in [5.41, 5.74) is 0. The maximum absolute atomic E-state index is 12.4. The SMILES string of the molecule is CO[P+](=O)OCCO[P+](=O)OC(CO[P+](=O)OCCCCCOC1OC(CO)C(O)C(O)C1C)CO[P+](=O)OCCCCCOC1OC(CO)C(O)C(O)C1NC(C)=O. The first kappa shape index (κ1) is 54.3. The minimum atomic E-state index is -2.83. The average Bonchev–Trinajstić information content (AvgIpc) is 3.21. The van der Waals surface area contributed by atoms with Crippen LogP contribution in [0.2, 0.25) is 0 Å². The maximum atomic E-state index is 12.4. The first-order chi connectivity index (χ1) is 28.2. The summed E-state index contributed by atoms with van der Waals surface area (Å²) in [6, 6.07) is -1.07. The molecule has 342 valence electrons. The Kier molecular flexibility index (Phi) is 28.6. The van der Waals surface area contributed by atoms with Gasteiger partial charge < -0.3 is 54.9 Å². The van der Waals surface area contributed by atoms with Crippen molar-refractivity contribution in [2.45, 2.75) is 114 Å². The van der Waals surface area contributed by atoms with Crippen LogP contribution in [0, 0.1) is 5.92 Å². The van der Waals surface area contributed by atoms with E-state index >= 15 is 0 Å². The van der Waals surface area contributed by atoms with Crippen molar-refractivity contribution >= 4 is 38.9 Å². The monoisotopic (exact) mass is 937 g/mol. The van der Waals surface area contributed by atoms with Crippen LogP contribution in [0.4, 0.5) is 0 Å². The zero-order valence-corrected chi connectivity index (χ0v) is 36.7. The molecule has 2 aliphatic heterocycles. The Bertz CT molecular complexity index is 1260. The van der Waals surface area contributed by atoms with E-state index in [1.165, 1.54) is 14.0 Å². The zero-order valence-electron chi connectivity index (χ0n) is 33.1. The van der Waals surface area contributed by atoms with Gasteiger partial charge in [0.05, 0.1) is 26.4 Å². The van der Waals surface area contributed by atoms with Crippen molar-refractivity contribution in [3.05, 3.63) is 0 Å². The molecule has 2 rings (SSSR count). The lowest BCUT2D eigenvalue weighted by molar-refractivity contribution is -0.282. The number of amides is 1. The van der Waals surface area contributed by atoms with E-state index in [1.54, 1.807) is 6.92 Å². The molecule has 15 unspecified atom stereocenters. The number of aliphatic hydroxyl groups excluding tert-OH is 6. The molecule has 1 amide bonds. The van der Waals surface area contributed by atoms with E-state index in [0.717, 1.165) is 0 Å². The Morgan fingerprint density at radius 1 is 0.610 bits per heavy atom. The Balaban J connectivity index is 1.70. The molecule has 0 saturated carbocycles. The van der Waals surface area contributed by atoms with Crippen LogP contribution in [0.25, 0.3) is 0 Å². The summed E-state index contributed by atoms with van der Waals surface area (Å²) < 4.78 is 111. The fraction of sp³-hybridized carbons (Fsp3) is 0.968. The molecule has 0 aromatic heterocycles. The van der Waals surface area contributed by atoms with Crippen LogP contribution in [-0.2, 0) is 78.2 Å². The molecule has 2 heterocycles. The minimum Gasteiger partial charge on any atom is -0.394 e. The smallest absolute Gasteiger partial charge is 0.394 e. The summed E-state index contributed by atoms with van der Waals surface area (Å²) in [5, 5.41) is 61.8. The number of unbranched alkanes of at least 4 members (excludes halogenated alkanes) is 4. The summed E-state index contributed by atoms with van der Waals surface area (Å²) in [6.07, 6.45) is -7.45. The van der Waals surface area contributed by atoms with Crippen molar-refractivity contribution in [3.8, 4) is 0 Å². The van der Waals surface area contributed by atoms with E-state index in [2.05, 4.69) is 9.84 Å². The largest absolute Gasteiger partial charge is 0.697 e. The second kappa shape index (κ2) is 31.1. The number of ether oxygens (including phenoxy) is 4. The standard InChI is InChI=1S/C31H58NO23P4/c1-20-26(36)27(37)23(16-33)53-30(20)45-10-6-4-8-12-47-57(41)51-18-22(55-59(43)50-15-14-49-56(40)44-3)19-52-58(42)48-13-9-5-7-11-46-31-25(32-21(2)35)29(39)28(38)24(17-34)54-31/h20,22-31,33-34,36-39H,4-19H2,1-3H3/q+3/p+1. The molecule has 2 aliphatic rings. The normalized spacial score (nSPS) is 28.8. The van der Waals surface area contributed by atoms with Crippen molar-refractivity contribution in [2.75, 3.05) is 73.2 Å². The number of carbonyl (C=O) groups excluding carboxylic acids is 1. The van der Waals surface area contributed by atoms with Gasteiger partial charge in [0.25, 0.3) is 0 Å². The number of rotatable bonds is 33. The van der Waals surface area contributed by atoms with Crippen molar-refractivity contribution < 1.29 is 109 Å². The molecule has 0 radical (unpaired) electrons. The highest BCUT2D eigenvalue weighted by Crippen LogP contribution is 2.33. The minimum absolute atomic E-state index is 0.00101. The van der Waals surface area contributed by atoms with E-state index in [9.17, 15) is 53.7 Å². The third-order valence-electron chi connectivity index (χ3n) is 8.57. The van der Waals surface area contributed by atoms with Crippen LogP contribution in [0.5, 0.6) is 0 Å². The molecule has 0 aromatic carbocycles. The lowest BCUT2D eigenvalue weighted by Gasteiger charge is -2.42. The predicted octanol–water partition coefficient (Wildman–Crippen LogP) is 1.14. The molecule has 2 fully saturated rings. The molecule has 28 heteroatoms. The number of carbonyl (C=O) groups is 1. The van der Waals surface area contributed by atoms with Crippen LogP contribution < -0.4 is 5.32 Å². The number of nitrogens with one attached hydrogen (secondary N) is 1.